The molecule has 0 saturated carbocycles. The number of methoxy groups -OCH3 is 1. The molecule has 1 unspecified atom stereocenters. The molecule has 0 aliphatic carbocycles. The van der Waals surface area contributed by atoms with Gasteiger partial charge in [-0.3, -0.25) is 9.79 Å². The van der Waals surface area contributed by atoms with Gasteiger partial charge in [0.25, 0.3) is 0 Å². The van der Waals surface area contributed by atoms with Crippen molar-refractivity contribution in [3.8, 4) is 11.1 Å². The molecule has 10 nitrogen and oxygen atoms in total. The normalized spacial score (nSPS) is 21.7. The van der Waals surface area contributed by atoms with Gasteiger partial charge < -0.3 is 40.8 Å². The summed E-state index contributed by atoms with van der Waals surface area (Å²) in [6.45, 7) is 0.789. The highest BCUT2D eigenvalue weighted by molar-refractivity contribution is 6.30. The third kappa shape index (κ3) is 9.75. The first kappa shape index (κ1) is 32.4. The first-order valence-electron chi connectivity index (χ1n) is 14.1. The first-order chi connectivity index (χ1) is 20.8. The number of benzene rings is 3. The third-order valence-electron chi connectivity index (χ3n) is 7.02. The van der Waals surface area contributed by atoms with Crippen LogP contribution in [0.4, 0.5) is 0 Å². The van der Waals surface area contributed by atoms with E-state index in [9.17, 15) is 9.90 Å². The molecule has 3 aromatic rings. The van der Waals surface area contributed by atoms with Crippen LogP contribution < -0.4 is 16.8 Å². The maximum Gasteiger partial charge on any atom is 0.220 e. The van der Waals surface area contributed by atoms with Crippen molar-refractivity contribution in [1.82, 2.24) is 5.32 Å². The van der Waals surface area contributed by atoms with Crippen molar-refractivity contribution >= 4 is 23.5 Å². The lowest BCUT2D eigenvalue weighted by molar-refractivity contribution is -0.282. The van der Waals surface area contributed by atoms with Gasteiger partial charge in [-0.1, -0.05) is 78.3 Å². The molecule has 0 aromatic heterocycles. The maximum atomic E-state index is 13.0. The number of guanidine groups is 1. The summed E-state index contributed by atoms with van der Waals surface area (Å²) >= 11 is 6.03. The van der Waals surface area contributed by atoms with E-state index in [2.05, 4.69) is 22.4 Å². The molecular formula is C32H39ClN4O6. The van der Waals surface area contributed by atoms with Gasteiger partial charge in [0.15, 0.2) is 12.2 Å². The molecule has 0 radical (unpaired) electrons. The third-order valence-corrected chi connectivity index (χ3v) is 7.27. The monoisotopic (exact) mass is 610 g/mol. The largest absolute Gasteiger partial charge is 0.388 e. The zero-order chi connectivity index (χ0) is 30.6. The number of nitrogens with zero attached hydrogens (tertiary/aromatic N) is 1. The molecule has 1 saturated heterocycles. The summed E-state index contributed by atoms with van der Waals surface area (Å²) in [7, 11) is 1.52. The minimum Gasteiger partial charge on any atom is -0.388 e. The van der Waals surface area contributed by atoms with Crippen LogP contribution in [0.2, 0.25) is 5.02 Å². The van der Waals surface area contributed by atoms with E-state index in [4.69, 9.17) is 42.0 Å². The molecule has 230 valence electrons. The Morgan fingerprint density at radius 2 is 1.58 bits per heavy atom. The molecule has 0 spiro atoms. The molecule has 5 atom stereocenters. The average molecular weight is 611 g/mol. The van der Waals surface area contributed by atoms with Crippen molar-refractivity contribution < 1.29 is 28.8 Å². The fourth-order valence-corrected chi connectivity index (χ4v) is 4.92. The molecule has 1 fully saturated rings. The predicted molar refractivity (Wildman–Crippen MR) is 165 cm³/mol. The van der Waals surface area contributed by atoms with Crippen molar-refractivity contribution in [1.29, 1.82) is 0 Å². The molecule has 1 amide bonds. The molecule has 3 aromatic carbocycles. The second kappa shape index (κ2) is 16.4. The van der Waals surface area contributed by atoms with Crippen LogP contribution in [0.5, 0.6) is 0 Å². The van der Waals surface area contributed by atoms with Crippen LogP contribution in [0.1, 0.15) is 24.0 Å². The van der Waals surface area contributed by atoms with E-state index < -0.39 is 30.6 Å². The number of aliphatic hydroxyl groups is 1. The number of nitrogens with one attached hydrogen (secondary N) is 1. The van der Waals surface area contributed by atoms with Crippen molar-refractivity contribution in [3.05, 3.63) is 95.0 Å². The van der Waals surface area contributed by atoms with E-state index in [-0.39, 0.29) is 38.1 Å². The van der Waals surface area contributed by atoms with Gasteiger partial charge in [-0.15, -0.1) is 0 Å². The summed E-state index contributed by atoms with van der Waals surface area (Å²) in [4.78, 5) is 16.9. The van der Waals surface area contributed by atoms with Crippen LogP contribution >= 0.6 is 11.6 Å². The van der Waals surface area contributed by atoms with Gasteiger partial charge in [0, 0.05) is 25.1 Å². The number of carbonyl (C=O) groups is 1. The maximum absolute atomic E-state index is 13.0. The van der Waals surface area contributed by atoms with Crippen molar-refractivity contribution in [3.63, 3.8) is 0 Å². The van der Waals surface area contributed by atoms with Gasteiger partial charge in [0.2, 0.25) is 5.91 Å². The lowest BCUT2D eigenvalue weighted by atomic mass is 9.96. The Hall–Kier alpha value is -3.51. The summed E-state index contributed by atoms with van der Waals surface area (Å²) in [6.07, 6.45) is -3.07. The van der Waals surface area contributed by atoms with E-state index in [1.54, 1.807) is 12.1 Å². The molecule has 43 heavy (non-hydrogen) atoms. The Morgan fingerprint density at radius 1 is 0.953 bits per heavy atom. The highest BCUT2D eigenvalue weighted by atomic mass is 35.5. The minimum atomic E-state index is -1.11. The lowest BCUT2D eigenvalue weighted by Crippen LogP contribution is -2.65. The summed E-state index contributed by atoms with van der Waals surface area (Å²) in [5.74, 6) is -0.313. The molecule has 1 aliphatic rings. The van der Waals surface area contributed by atoms with Gasteiger partial charge >= 0.3 is 0 Å². The number of aliphatic hydroxyl groups excluding tert-OH is 1. The molecular weight excluding hydrogens is 572 g/mol. The second-order valence-corrected chi connectivity index (χ2v) is 10.7. The van der Waals surface area contributed by atoms with Crippen molar-refractivity contribution in [2.45, 2.75) is 56.7 Å². The standard InChI is InChI=1S/C32H39ClN4O6/c1-40-20-26-29(39)30(41-18-21-9-13-24(14-10-21)23-6-3-2-4-7-23)28(37-27(38)8-5-17-36-32(34)35)31(43-26)42-19-22-11-15-25(33)16-12-22/h2-4,6-7,9-16,26,28-31,39H,5,8,17-20H2,1H3,(H,37,38)(H4,34,35,36)/t26-,28-,29-,30-,31?/m1/s1. The number of hydrogen-bond donors (Lipinski definition) is 4. The number of amides is 1. The van der Waals surface area contributed by atoms with Gasteiger partial charge in [-0.05, 0) is 40.8 Å². The van der Waals surface area contributed by atoms with E-state index in [1.807, 2.05) is 54.6 Å². The fourth-order valence-electron chi connectivity index (χ4n) is 4.80. The number of ether oxygens (including phenoxy) is 4. The molecule has 0 bridgehead atoms. The zero-order valence-corrected chi connectivity index (χ0v) is 24.9. The van der Waals surface area contributed by atoms with E-state index in [0.717, 1.165) is 22.3 Å². The average Bonchev–Trinajstić information content (AvgIpc) is 3.01. The highest BCUT2D eigenvalue weighted by Gasteiger charge is 2.47. The van der Waals surface area contributed by atoms with Crippen LogP contribution in [0.25, 0.3) is 11.1 Å². The second-order valence-electron chi connectivity index (χ2n) is 10.3. The van der Waals surface area contributed by atoms with Crippen LogP contribution in [-0.4, -0.2) is 67.9 Å². The first-order valence-corrected chi connectivity index (χ1v) is 14.5. The van der Waals surface area contributed by atoms with E-state index >= 15 is 0 Å². The number of carbonyl (C=O) groups excluding carboxylic acids is 1. The van der Waals surface area contributed by atoms with E-state index in [0.29, 0.717) is 18.0 Å². The quantitative estimate of drug-likeness (QED) is 0.123. The smallest absolute Gasteiger partial charge is 0.220 e. The molecule has 1 aliphatic heterocycles. The number of nitrogens with two attached hydrogens (primary N) is 2. The van der Waals surface area contributed by atoms with Crippen molar-refractivity contribution in [2.24, 2.45) is 16.5 Å². The summed E-state index contributed by atoms with van der Waals surface area (Å²) in [6, 6.07) is 24.5. The Labute approximate surface area is 256 Å². The molecule has 4 rings (SSSR count). The molecule has 1 heterocycles. The lowest BCUT2D eigenvalue weighted by Gasteiger charge is -2.44. The van der Waals surface area contributed by atoms with Crippen LogP contribution in [0.15, 0.2) is 83.9 Å². The van der Waals surface area contributed by atoms with Gasteiger partial charge in [0.1, 0.15) is 24.4 Å². The fraction of sp³-hybridized carbons (Fsp3) is 0.375. The van der Waals surface area contributed by atoms with Crippen molar-refractivity contribution in [2.75, 3.05) is 20.3 Å². The summed E-state index contributed by atoms with van der Waals surface area (Å²) < 4.78 is 23.9. The number of hydrogen-bond acceptors (Lipinski definition) is 7. The number of aliphatic imine (C=N–C) groups is 1. The number of rotatable bonds is 14. The SMILES string of the molecule is COC[C@H]1OC(OCc2ccc(Cl)cc2)[C@H](NC(=O)CCCN=C(N)N)[C@@H](OCc2ccc(-c3ccccc3)cc2)[C@@H]1O. The Kier molecular flexibility index (Phi) is 12.3. The van der Waals surface area contributed by atoms with E-state index in [1.165, 1.54) is 7.11 Å². The topological polar surface area (TPSA) is 151 Å². The summed E-state index contributed by atoms with van der Waals surface area (Å²) in [5, 5.41) is 14.9. The van der Waals surface area contributed by atoms with Crippen LogP contribution in [-0.2, 0) is 37.0 Å². The molecule has 6 N–H and O–H groups in total. The Morgan fingerprint density at radius 3 is 2.23 bits per heavy atom. The molecule has 11 heteroatoms. The minimum absolute atomic E-state index is 0.0330. The zero-order valence-electron chi connectivity index (χ0n) is 24.1. The van der Waals surface area contributed by atoms with Crippen LogP contribution in [0.3, 0.4) is 0 Å². The number of halogens is 1. The Bertz CT molecular complexity index is 1310. The van der Waals surface area contributed by atoms with Gasteiger partial charge in [-0.2, -0.15) is 0 Å². The Balaban J connectivity index is 1.51. The van der Waals surface area contributed by atoms with Gasteiger partial charge in [-0.25, -0.2) is 0 Å². The van der Waals surface area contributed by atoms with Gasteiger partial charge in [0.05, 0.1) is 19.8 Å². The van der Waals surface area contributed by atoms with Crippen LogP contribution in [0, 0.1) is 0 Å². The predicted octanol–water partition coefficient (Wildman–Crippen LogP) is 3.38. The summed E-state index contributed by atoms with van der Waals surface area (Å²) in [5.41, 5.74) is 14.7. The highest BCUT2D eigenvalue weighted by Crippen LogP contribution is 2.28.